The molecule has 0 bridgehead atoms. The summed E-state index contributed by atoms with van der Waals surface area (Å²) in [5.74, 6) is -3.25. The van der Waals surface area contributed by atoms with E-state index in [9.17, 15) is 26.3 Å². The van der Waals surface area contributed by atoms with Crippen molar-refractivity contribution in [1.29, 1.82) is 0 Å². The van der Waals surface area contributed by atoms with Crippen molar-refractivity contribution in [3.8, 4) is 11.5 Å². The molecule has 3 aromatic rings. The van der Waals surface area contributed by atoms with Gasteiger partial charge in [-0.05, 0) is 19.9 Å². The molecule has 0 radical (unpaired) electrons. The van der Waals surface area contributed by atoms with E-state index < -0.39 is 36.1 Å². The number of ether oxygens (including phenoxy) is 3. The maximum Gasteiger partial charge on any atom is 0.411 e. The van der Waals surface area contributed by atoms with Crippen molar-refractivity contribution in [2.75, 3.05) is 32.2 Å². The lowest BCUT2D eigenvalue weighted by atomic mass is 10.0. The number of alkyl halides is 5. The van der Waals surface area contributed by atoms with Crippen LogP contribution in [0.1, 0.15) is 36.8 Å². The largest absolute Gasteiger partial charge is 0.493 e. The maximum atomic E-state index is 14.9. The van der Waals surface area contributed by atoms with E-state index in [1.807, 2.05) is 0 Å². The molecule has 0 aliphatic carbocycles. The van der Waals surface area contributed by atoms with Crippen molar-refractivity contribution in [3.05, 3.63) is 53.1 Å². The predicted molar refractivity (Wildman–Crippen MR) is 121 cm³/mol. The van der Waals surface area contributed by atoms with E-state index >= 15 is 0 Å². The van der Waals surface area contributed by atoms with Crippen molar-refractivity contribution in [2.24, 2.45) is 0 Å². The Kier molecular flexibility index (Phi) is 8.17. The van der Waals surface area contributed by atoms with Gasteiger partial charge in [0.1, 0.15) is 30.7 Å². The van der Waals surface area contributed by atoms with Crippen LogP contribution in [0.4, 0.5) is 32.2 Å². The Bertz CT molecular complexity index is 1210. The second-order valence-electron chi connectivity index (χ2n) is 8.12. The van der Waals surface area contributed by atoms with Gasteiger partial charge < -0.3 is 19.5 Å². The molecule has 6 nitrogen and oxygen atoms in total. The first kappa shape index (κ1) is 27.3. The molecule has 0 spiro atoms. The molecule has 2 aromatic carbocycles. The quantitative estimate of drug-likeness (QED) is 0.251. The molecule has 1 heterocycles. The number of hydrogen-bond donors (Lipinski definition) is 1. The van der Waals surface area contributed by atoms with Crippen LogP contribution in [0, 0.1) is 12.7 Å². The molecule has 1 atom stereocenters. The highest BCUT2D eigenvalue weighted by Gasteiger charge is 2.30. The van der Waals surface area contributed by atoms with Gasteiger partial charge in [0.05, 0.1) is 30.8 Å². The fraction of sp³-hybridized carbons (Fsp3) is 0.417. The van der Waals surface area contributed by atoms with E-state index in [1.165, 1.54) is 25.3 Å². The Labute approximate surface area is 203 Å². The summed E-state index contributed by atoms with van der Waals surface area (Å²) in [6, 6.07) is 6.11. The zero-order chi connectivity index (χ0) is 26.7. The number of aromatic nitrogens is 2. The van der Waals surface area contributed by atoms with Gasteiger partial charge in [0.15, 0.2) is 11.5 Å². The molecule has 12 heteroatoms. The first-order valence-electron chi connectivity index (χ1n) is 10.9. The van der Waals surface area contributed by atoms with Gasteiger partial charge in [0.2, 0.25) is 0 Å². The van der Waals surface area contributed by atoms with Gasteiger partial charge in [-0.25, -0.2) is 23.1 Å². The van der Waals surface area contributed by atoms with Crippen LogP contribution in [0.15, 0.2) is 30.3 Å². The number of nitrogens with one attached hydrogen (secondary N) is 1. The standard InChI is InChI=1S/C24H25F6N3O3/c1-13(15-6-5-7-17(21(15)25)23(3,26)27)31-22-16-10-20(36-9-8-35-12-24(28,29)30)19(34-4)11-18(16)32-14(2)33-22/h5-7,10-11,13H,8-9,12H2,1-4H3,(H,31,32,33)/t13-/m1/s1. The van der Waals surface area contributed by atoms with Crippen LogP contribution < -0.4 is 14.8 Å². The van der Waals surface area contributed by atoms with Gasteiger partial charge in [-0.3, -0.25) is 0 Å². The molecule has 0 amide bonds. The lowest BCUT2D eigenvalue weighted by molar-refractivity contribution is -0.175. The molecule has 36 heavy (non-hydrogen) atoms. The number of methoxy groups -OCH3 is 1. The topological polar surface area (TPSA) is 65.5 Å². The first-order chi connectivity index (χ1) is 16.8. The molecular weight excluding hydrogens is 492 g/mol. The van der Waals surface area contributed by atoms with E-state index in [0.29, 0.717) is 23.7 Å². The van der Waals surface area contributed by atoms with E-state index in [0.717, 1.165) is 6.07 Å². The summed E-state index contributed by atoms with van der Waals surface area (Å²) in [7, 11) is 1.39. The minimum absolute atomic E-state index is 0.0187. The Balaban J connectivity index is 1.90. The smallest absolute Gasteiger partial charge is 0.411 e. The average Bonchev–Trinajstić information content (AvgIpc) is 2.77. The third-order valence-corrected chi connectivity index (χ3v) is 5.17. The number of nitrogens with zero attached hydrogens (tertiary/aromatic N) is 2. The summed E-state index contributed by atoms with van der Waals surface area (Å²) in [4.78, 5) is 8.72. The predicted octanol–water partition coefficient (Wildman–Crippen LogP) is 6.33. The fourth-order valence-electron chi connectivity index (χ4n) is 3.54. The summed E-state index contributed by atoms with van der Waals surface area (Å²) < 4.78 is 94.6. The lowest BCUT2D eigenvalue weighted by Crippen LogP contribution is -2.19. The molecule has 0 aliphatic heterocycles. The van der Waals surface area contributed by atoms with Crippen molar-refractivity contribution >= 4 is 16.7 Å². The minimum Gasteiger partial charge on any atom is -0.493 e. The second-order valence-corrected chi connectivity index (χ2v) is 8.12. The van der Waals surface area contributed by atoms with Crippen molar-refractivity contribution in [3.63, 3.8) is 0 Å². The number of fused-ring (bicyclic) bond motifs is 1. The third-order valence-electron chi connectivity index (χ3n) is 5.17. The highest BCUT2D eigenvalue weighted by molar-refractivity contribution is 5.92. The summed E-state index contributed by atoms with van der Waals surface area (Å²) in [5, 5.41) is 3.48. The van der Waals surface area contributed by atoms with Crippen LogP contribution in [-0.4, -0.2) is 43.1 Å². The molecule has 0 unspecified atom stereocenters. The molecule has 0 aliphatic rings. The molecule has 1 N–H and O–H groups in total. The zero-order valence-electron chi connectivity index (χ0n) is 20.0. The van der Waals surface area contributed by atoms with Gasteiger partial charge in [-0.2, -0.15) is 13.2 Å². The average molecular weight is 517 g/mol. The molecular formula is C24H25F6N3O3. The van der Waals surface area contributed by atoms with Crippen LogP contribution >= 0.6 is 0 Å². The van der Waals surface area contributed by atoms with Crippen LogP contribution in [0.25, 0.3) is 10.9 Å². The van der Waals surface area contributed by atoms with E-state index in [-0.39, 0.29) is 36.1 Å². The number of halogens is 6. The van der Waals surface area contributed by atoms with Crippen molar-refractivity contribution < 1.29 is 40.6 Å². The third kappa shape index (κ3) is 6.68. The first-order valence-corrected chi connectivity index (χ1v) is 10.9. The van der Waals surface area contributed by atoms with E-state index in [1.54, 1.807) is 19.9 Å². The van der Waals surface area contributed by atoms with Crippen LogP contribution in [-0.2, 0) is 10.7 Å². The fourth-order valence-corrected chi connectivity index (χ4v) is 3.54. The molecule has 0 saturated heterocycles. The summed E-state index contributed by atoms with van der Waals surface area (Å²) in [5.41, 5.74) is -0.250. The van der Waals surface area contributed by atoms with Crippen molar-refractivity contribution in [1.82, 2.24) is 9.97 Å². The normalized spacial score (nSPS) is 13.1. The Morgan fingerprint density at radius 2 is 1.75 bits per heavy atom. The SMILES string of the molecule is COc1cc2nc(C)nc(N[C@H](C)c3cccc(C(C)(F)F)c3F)c2cc1OCCOCC(F)(F)F. The van der Waals surface area contributed by atoms with Crippen LogP contribution in [0.5, 0.6) is 11.5 Å². The summed E-state index contributed by atoms with van der Waals surface area (Å²) in [6.45, 7) is 1.96. The molecule has 1 aromatic heterocycles. The van der Waals surface area contributed by atoms with Crippen LogP contribution in [0.2, 0.25) is 0 Å². The maximum absolute atomic E-state index is 14.9. The number of aryl methyl sites for hydroxylation is 1. The Hall–Kier alpha value is -3.28. The van der Waals surface area contributed by atoms with E-state index in [4.69, 9.17) is 9.47 Å². The number of benzene rings is 2. The number of anilines is 1. The zero-order valence-corrected chi connectivity index (χ0v) is 20.0. The highest BCUT2D eigenvalue weighted by Crippen LogP contribution is 2.37. The molecule has 0 fully saturated rings. The number of rotatable bonds is 10. The van der Waals surface area contributed by atoms with Crippen molar-refractivity contribution in [2.45, 2.75) is 38.9 Å². The van der Waals surface area contributed by atoms with Gasteiger partial charge in [-0.1, -0.05) is 18.2 Å². The van der Waals surface area contributed by atoms with Gasteiger partial charge in [0.25, 0.3) is 5.92 Å². The Morgan fingerprint density at radius 3 is 2.39 bits per heavy atom. The van der Waals surface area contributed by atoms with Gasteiger partial charge >= 0.3 is 6.18 Å². The lowest BCUT2D eigenvalue weighted by Gasteiger charge is -2.21. The monoisotopic (exact) mass is 517 g/mol. The van der Waals surface area contributed by atoms with E-state index in [2.05, 4.69) is 20.0 Å². The number of hydrogen-bond acceptors (Lipinski definition) is 6. The Morgan fingerprint density at radius 1 is 1.03 bits per heavy atom. The molecule has 196 valence electrons. The highest BCUT2D eigenvalue weighted by atomic mass is 19.4. The van der Waals surface area contributed by atoms with Crippen LogP contribution in [0.3, 0.4) is 0 Å². The molecule has 0 saturated carbocycles. The second kappa shape index (κ2) is 10.8. The van der Waals surface area contributed by atoms with Gasteiger partial charge in [-0.15, -0.1) is 0 Å². The summed E-state index contributed by atoms with van der Waals surface area (Å²) >= 11 is 0. The molecule has 3 rings (SSSR count). The van der Waals surface area contributed by atoms with Gasteiger partial charge in [0, 0.05) is 23.9 Å². The minimum atomic E-state index is -4.45. The summed E-state index contributed by atoms with van der Waals surface area (Å²) in [6.07, 6.45) is -4.45.